The molecule has 0 radical (unpaired) electrons. The predicted molar refractivity (Wildman–Crippen MR) is 67.2 cm³/mol. The van der Waals surface area contributed by atoms with Crippen molar-refractivity contribution in [1.29, 1.82) is 0 Å². The van der Waals surface area contributed by atoms with E-state index in [1.54, 1.807) is 0 Å². The Labute approximate surface area is 98.6 Å². The van der Waals surface area contributed by atoms with Crippen molar-refractivity contribution in [3.8, 4) is 0 Å². The lowest BCUT2D eigenvalue weighted by molar-refractivity contribution is -0.145. The van der Waals surface area contributed by atoms with E-state index in [9.17, 15) is 4.79 Å². The van der Waals surface area contributed by atoms with E-state index in [2.05, 4.69) is 27.0 Å². The third kappa shape index (κ3) is 1.41. The minimum Gasteiger partial charge on any atom is -0.298 e. The summed E-state index contributed by atoms with van der Waals surface area (Å²) in [4.78, 5) is 12.7. The zero-order valence-electron chi connectivity index (χ0n) is 10.6. The second-order valence-corrected chi connectivity index (χ2v) is 5.80. The molecule has 0 aliphatic heterocycles. The lowest BCUT2D eigenvalue weighted by Gasteiger charge is -2.51. The van der Waals surface area contributed by atoms with Crippen molar-refractivity contribution in [2.24, 2.45) is 10.8 Å². The highest BCUT2D eigenvalue weighted by Crippen LogP contribution is 2.58. The lowest BCUT2D eigenvalue weighted by Crippen LogP contribution is -2.51. The lowest BCUT2D eigenvalue weighted by atomic mass is 9.50. The second kappa shape index (κ2) is 3.58. The molecule has 0 aromatic rings. The topological polar surface area (TPSA) is 17.1 Å². The summed E-state index contributed by atoms with van der Waals surface area (Å²) in [6.07, 6.45) is 5.44. The van der Waals surface area contributed by atoms with Crippen molar-refractivity contribution in [2.45, 2.75) is 52.4 Å². The van der Waals surface area contributed by atoms with E-state index in [1.165, 1.54) is 11.1 Å². The smallest absolute Gasteiger partial charge is 0.146 e. The molecule has 0 amide bonds. The molecule has 2 aliphatic carbocycles. The van der Waals surface area contributed by atoms with Crippen LogP contribution in [0.1, 0.15) is 52.4 Å². The number of hydrogen-bond donors (Lipinski definition) is 0. The van der Waals surface area contributed by atoms with Gasteiger partial charge in [0, 0.05) is 10.8 Å². The first kappa shape index (κ1) is 11.6. The molecule has 2 saturated carbocycles. The Bertz CT molecular complexity index is 312. The third-order valence-corrected chi connectivity index (χ3v) is 4.67. The highest BCUT2D eigenvalue weighted by Gasteiger charge is 2.55. The van der Waals surface area contributed by atoms with Crippen molar-refractivity contribution >= 4 is 5.78 Å². The van der Waals surface area contributed by atoms with E-state index in [-0.39, 0.29) is 10.8 Å². The van der Waals surface area contributed by atoms with Crippen LogP contribution in [0.4, 0.5) is 0 Å². The molecule has 0 heterocycles. The van der Waals surface area contributed by atoms with Crippen LogP contribution < -0.4 is 0 Å². The molecule has 16 heavy (non-hydrogen) atoms. The molecule has 2 bridgehead atoms. The first-order valence-electron chi connectivity index (χ1n) is 6.36. The Morgan fingerprint density at radius 3 is 1.50 bits per heavy atom. The molecular weight excluding hydrogens is 196 g/mol. The molecule has 88 valence electrons. The summed E-state index contributed by atoms with van der Waals surface area (Å²) in [7, 11) is 0. The van der Waals surface area contributed by atoms with Gasteiger partial charge in [-0.3, -0.25) is 4.79 Å². The van der Waals surface area contributed by atoms with Gasteiger partial charge in [-0.15, -0.1) is 0 Å². The molecule has 0 saturated heterocycles. The number of rotatable bonds is 2. The summed E-state index contributed by atoms with van der Waals surface area (Å²) in [5, 5.41) is 0. The van der Waals surface area contributed by atoms with Crippen LogP contribution in [-0.2, 0) is 4.79 Å². The van der Waals surface area contributed by atoms with Gasteiger partial charge in [0.05, 0.1) is 0 Å². The van der Waals surface area contributed by atoms with Crippen molar-refractivity contribution < 1.29 is 4.79 Å². The van der Waals surface area contributed by atoms with E-state index in [4.69, 9.17) is 0 Å². The van der Waals surface area contributed by atoms with Gasteiger partial charge in [0.15, 0.2) is 0 Å². The molecule has 2 aliphatic rings. The summed E-state index contributed by atoms with van der Waals surface area (Å²) in [6, 6.07) is 0. The van der Waals surface area contributed by atoms with Crippen molar-refractivity contribution in [1.82, 2.24) is 0 Å². The molecular formula is C15H22O. The Balaban J connectivity index is 2.49. The number of fused-ring (bicyclic) bond motifs is 2. The maximum absolute atomic E-state index is 12.7. The third-order valence-electron chi connectivity index (χ3n) is 4.67. The molecule has 0 N–H and O–H groups in total. The monoisotopic (exact) mass is 218 g/mol. The molecule has 0 spiro atoms. The van der Waals surface area contributed by atoms with Gasteiger partial charge in [0.2, 0.25) is 0 Å². The van der Waals surface area contributed by atoms with Crippen LogP contribution in [0.15, 0.2) is 24.3 Å². The van der Waals surface area contributed by atoms with Crippen LogP contribution >= 0.6 is 0 Å². The largest absolute Gasteiger partial charge is 0.298 e. The van der Waals surface area contributed by atoms with Crippen LogP contribution in [0.25, 0.3) is 0 Å². The summed E-state index contributed by atoms with van der Waals surface area (Å²) >= 11 is 0. The van der Waals surface area contributed by atoms with Gasteiger partial charge in [-0.2, -0.15) is 0 Å². The van der Waals surface area contributed by atoms with Crippen LogP contribution in [0.3, 0.4) is 0 Å². The second-order valence-electron chi connectivity index (χ2n) is 5.80. The zero-order chi connectivity index (χ0) is 12.0. The van der Waals surface area contributed by atoms with Gasteiger partial charge >= 0.3 is 0 Å². The molecule has 0 aromatic carbocycles. The van der Waals surface area contributed by atoms with Gasteiger partial charge in [-0.05, 0) is 38.5 Å². The van der Waals surface area contributed by atoms with Gasteiger partial charge in [-0.1, -0.05) is 38.2 Å². The average molecular weight is 218 g/mol. The average Bonchev–Trinajstić information content (AvgIpc) is 2.22. The minimum atomic E-state index is -0.152. The van der Waals surface area contributed by atoms with Crippen LogP contribution in [0, 0.1) is 10.8 Å². The predicted octanol–water partition coefficient (Wildman–Crippen LogP) is 4.05. The molecule has 2 rings (SSSR count). The maximum Gasteiger partial charge on any atom is 0.146 e. The Morgan fingerprint density at radius 2 is 1.25 bits per heavy atom. The van der Waals surface area contributed by atoms with Crippen molar-refractivity contribution in [3.05, 3.63) is 24.3 Å². The first-order chi connectivity index (χ1) is 7.48. The molecule has 1 nitrogen and oxygen atoms in total. The normalized spacial score (nSPS) is 39.0. The summed E-state index contributed by atoms with van der Waals surface area (Å²) < 4.78 is 0. The fraction of sp³-hybridized carbons (Fsp3) is 0.667. The number of carbonyl (C=O) groups is 1. The molecule has 0 atom stereocenters. The van der Waals surface area contributed by atoms with Gasteiger partial charge < -0.3 is 0 Å². The van der Waals surface area contributed by atoms with E-state index in [1.807, 2.05) is 0 Å². The number of hydrogen-bond acceptors (Lipinski definition) is 1. The molecule has 0 aromatic heterocycles. The van der Waals surface area contributed by atoms with E-state index < -0.39 is 0 Å². The number of carbonyl (C=O) groups excluding carboxylic acids is 1. The Morgan fingerprint density at radius 1 is 0.938 bits per heavy atom. The van der Waals surface area contributed by atoms with E-state index >= 15 is 0 Å². The van der Waals surface area contributed by atoms with Gasteiger partial charge in [0.1, 0.15) is 5.78 Å². The summed E-state index contributed by atoms with van der Waals surface area (Å²) in [5.74, 6) is 0.504. The number of Topliss-reactive ketones (excluding diaryl/α,β-unsaturated/α-hetero) is 1. The first-order valence-corrected chi connectivity index (χ1v) is 6.36. The molecule has 0 unspecified atom stereocenters. The summed E-state index contributed by atoms with van der Waals surface area (Å²) in [5.41, 5.74) is 2.24. The van der Waals surface area contributed by atoms with Crippen molar-refractivity contribution in [2.75, 3.05) is 0 Å². The SMILES string of the molecule is C=C1CC2(CC)CC(=C)CC(CC)(C1)C2=O. The van der Waals surface area contributed by atoms with Crippen LogP contribution in [0.2, 0.25) is 0 Å². The maximum atomic E-state index is 12.7. The van der Waals surface area contributed by atoms with Gasteiger partial charge in [-0.25, -0.2) is 0 Å². The minimum absolute atomic E-state index is 0.152. The zero-order valence-corrected chi connectivity index (χ0v) is 10.6. The van der Waals surface area contributed by atoms with Gasteiger partial charge in [0.25, 0.3) is 0 Å². The highest BCUT2D eigenvalue weighted by molar-refractivity contribution is 5.93. The van der Waals surface area contributed by atoms with Crippen molar-refractivity contribution in [3.63, 3.8) is 0 Å². The summed E-state index contributed by atoms with van der Waals surface area (Å²) in [6.45, 7) is 12.6. The number of allylic oxidation sites excluding steroid dienone is 2. The Kier molecular flexibility index (Phi) is 2.60. The number of ketones is 1. The fourth-order valence-electron chi connectivity index (χ4n) is 3.87. The quantitative estimate of drug-likeness (QED) is 0.639. The van der Waals surface area contributed by atoms with Crippen LogP contribution in [-0.4, -0.2) is 5.78 Å². The Hall–Kier alpha value is -0.850. The molecule has 2 fully saturated rings. The fourth-order valence-corrected chi connectivity index (χ4v) is 3.87. The standard InChI is InChI=1S/C15H22O/c1-5-14-7-11(3)9-15(6-2,13(14)16)10-12(4)8-14/h3-10H2,1-2H3. The van der Waals surface area contributed by atoms with E-state index in [0.29, 0.717) is 5.78 Å². The van der Waals surface area contributed by atoms with E-state index in [0.717, 1.165) is 38.5 Å². The highest BCUT2D eigenvalue weighted by atomic mass is 16.1. The van der Waals surface area contributed by atoms with Crippen LogP contribution in [0.5, 0.6) is 0 Å². The molecule has 1 heteroatoms.